The molecule has 0 radical (unpaired) electrons. The first kappa shape index (κ1) is 22.7. The molecule has 9 heteroatoms. The summed E-state index contributed by atoms with van der Waals surface area (Å²) in [6, 6.07) is 7.28. The number of aromatic carboxylic acids is 1. The Morgan fingerprint density at radius 2 is 1.93 bits per heavy atom. The number of carboxylic acids is 2. The highest BCUT2D eigenvalue weighted by Gasteiger charge is 2.25. The maximum Gasteiger partial charge on any atom is 0.349 e. The van der Waals surface area contributed by atoms with E-state index in [0.29, 0.717) is 29.4 Å². The third-order valence-corrected chi connectivity index (χ3v) is 5.62. The van der Waals surface area contributed by atoms with Gasteiger partial charge in [0.2, 0.25) is 5.91 Å². The van der Waals surface area contributed by atoms with Gasteiger partial charge in [-0.2, -0.15) is 0 Å². The Hall–Kier alpha value is -2.58. The van der Waals surface area contributed by atoms with Crippen molar-refractivity contribution in [3.63, 3.8) is 0 Å². The van der Waals surface area contributed by atoms with Crippen LogP contribution >= 0.6 is 22.9 Å². The van der Waals surface area contributed by atoms with Crippen molar-refractivity contribution in [3.05, 3.63) is 39.7 Å². The number of benzene rings is 1. The third kappa shape index (κ3) is 5.95. The smallest absolute Gasteiger partial charge is 0.349 e. The molecule has 2 rings (SSSR count). The first-order valence-corrected chi connectivity index (χ1v) is 10.0. The van der Waals surface area contributed by atoms with Crippen LogP contribution in [0.3, 0.4) is 0 Å². The van der Waals surface area contributed by atoms with Gasteiger partial charge in [0.1, 0.15) is 5.02 Å². The SMILES string of the molecule is CC(=O)N(Cc1cccc(-c2sc(C(=O)O)c(OCC(=O)O)c2Cl)c1)CC(C)C. The van der Waals surface area contributed by atoms with Crippen LogP contribution in [0.1, 0.15) is 36.0 Å². The lowest BCUT2D eigenvalue weighted by Crippen LogP contribution is -2.31. The zero-order valence-electron chi connectivity index (χ0n) is 16.3. The fourth-order valence-electron chi connectivity index (χ4n) is 2.76. The fourth-order valence-corrected chi connectivity index (χ4v) is 4.16. The highest BCUT2D eigenvalue weighted by Crippen LogP contribution is 2.45. The van der Waals surface area contributed by atoms with Crippen LogP contribution in [-0.4, -0.2) is 46.1 Å². The molecule has 1 aromatic heterocycles. The van der Waals surface area contributed by atoms with Gasteiger partial charge in [-0.15, -0.1) is 11.3 Å². The Balaban J connectivity index is 2.39. The van der Waals surface area contributed by atoms with Crippen molar-refractivity contribution in [2.24, 2.45) is 5.92 Å². The van der Waals surface area contributed by atoms with Gasteiger partial charge in [0.05, 0.1) is 4.88 Å². The predicted molar refractivity (Wildman–Crippen MR) is 111 cm³/mol. The number of ether oxygens (including phenoxy) is 1. The molecule has 2 aromatic rings. The number of thiophene rings is 1. The minimum atomic E-state index is -1.25. The van der Waals surface area contributed by atoms with Crippen molar-refractivity contribution < 1.29 is 29.3 Å². The van der Waals surface area contributed by atoms with Crippen molar-refractivity contribution >= 4 is 40.8 Å². The van der Waals surface area contributed by atoms with Crippen LogP contribution in [-0.2, 0) is 16.1 Å². The molecular formula is C20H22ClNO6S. The highest BCUT2D eigenvalue weighted by molar-refractivity contribution is 7.18. The van der Waals surface area contributed by atoms with Crippen LogP contribution in [0.25, 0.3) is 10.4 Å². The van der Waals surface area contributed by atoms with Crippen LogP contribution in [0.2, 0.25) is 5.02 Å². The number of hydrogen-bond acceptors (Lipinski definition) is 5. The molecule has 2 N–H and O–H groups in total. The molecule has 0 unspecified atom stereocenters. The Kier molecular flexibility index (Phi) is 7.64. The van der Waals surface area contributed by atoms with E-state index >= 15 is 0 Å². The Morgan fingerprint density at radius 3 is 2.48 bits per heavy atom. The summed E-state index contributed by atoms with van der Waals surface area (Å²) < 4.78 is 5.11. The van der Waals surface area contributed by atoms with E-state index in [1.807, 2.05) is 26.0 Å². The summed E-state index contributed by atoms with van der Waals surface area (Å²) in [7, 11) is 0. The van der Waals surface area contributed by atoms with Crippen molar-refractivity contribution in [3.8, 4) is 16.2 Å². The van der Waals surface area contributed by atoms with E-state index < -0.39 is 18.5 Å². The van der Waals surface area contributed by atoms with Crippen molar-refractivity contribution in [2.45, 2.75) is 27.3 Å². The number of carbonyl (C=O) groups is 3. The zero-order valence-corrected chi connectivity index (χ0v) is 17.8. The predicted octanol–water partition coefficient (Wildman–Crippen LogP) is 4.23. The lowest BCUT2D eigenvalue weighted by Gasteiger charge is -2.23. The summed E-state index contributed by atoms with van der Waals surface area (Å²) in [5.74, 6) is -2.35. The van der Waals surface area contributed by atoms with E-state index in [1.54, 1.807) is 17.0 Å². The van der Waals surface area contributed by atoms with Gasteiger partial charge in [0, 0.05) is 20.0 Å². The van der Waals surface area contributed by atoms with Crippen LogP contribution in [0, 0.1) is 5.92 Å². The number of halogens is 1. The molecule has 0 aliphatic heterocycles. The van der Waals surface area contributed by atoms with Crippen LogP contribution in [0.5, 0.6) is 5.75 Å². The topological polar surface area (TPSA) is 104 Å². The van der Waals surface area contributed by atoms with E-state index in [-0.39, 0.29) is 21.6 Å². The molecular weight excluding hydrogens is 418 g/mol. The van der Waals surface area contributed by atoms with Crippen LogP contribution < -0.4 is 4.74 Å². The molecule has 29 heavy (non-hydrogen) atoms. The number of carboxylic acid groups (broad SMARTS) is 2. The Morgan fingerprint density at radius 1 is 1.24 bits per heavy atom. The minimum Gasteiger partial charge on any atom is -0.479 e. The van der Waals surface area contributed by atoms with E-state index in [1.165, 1.54) is 6.92 Å². The second kappa shape index (κ2) is 9.76. The summed E-state index contributed by atoms with van der Waals surface area (Å²) in [6.07, 6.45) is 0. The first-order valence-electron chi connectivity index (χ1n) is 8.85. The van der Waals surface area contributed by atoms with Gasteiger partial charge in [-0.25, -0.2) is 9.59 Å². The Bertz CT molecular complexity index is 924. The monoisotopic (exact) mass is 439 g/mol. The van der Waals surface area contributed by atoms with Gasteiger partial charge in [0.25, 0.3) is 0 Å². The third-order valence-electron chi connectivity index (χ3n) is 3.94. The van der Waals surface area contributed by atoms with Gasteiger partial charge >= 0.3 is 11.9 Å². The molecule has 1 heterocycles. The molecule has 0 saturated heterocycles. The molecule has 0 aliphatic rings. The maximum absolute atomic E-state index is 11.9. The second-order valence-electron chi connectivity index (χ2n) is 6.88. The van der Waals surface area contributed by atoms with Gasteiger partial charge in [-0.05, 0) is 23.1 Å². The van der Waals surface area contributed by atoms with Crippen molar-refractivity contribution in [1.29, 1.82) is 0 Å². The van der Waals surface area contributed by atoms with Gasteiger partial charge in [0.15, 0.2) is 17.2 Å². The number of carbonyl (C=O) groups excluding carboxylic acids is 1. The van der Waals surface area contributed by atoms with E-state index in [4.69, 9.17) is 21.4 Å². The van der Waals surface area contributed by atoms with Gasteiger partial charge in [-0.3, -0.25) is 4.79 Å². The quantitative estimate of drug-likeness (QED) is 0.605. The molecule has 0 saturated carbocycles. The number of aliphatic carboxylic acids is 1. The average Bonchev–Trinajstić information content (AvgIpc) is 2.96. The van der Waals surface area contributed by atoms with E-state index in [2.05, 4.69) is 0 Å². The minimum absolute atomic E-state index is 0.0317. The number of rotatable bonds is 9. The van der Waals surface area contributed by atoms with Crippen molar-refractivity contribution in [1.82, 2.24) is 4.90 Å². The lowest BCUT2D eigenvalue weighted by molar-refractivity contribution is -0.139. The molecule has 1 aromatic carbocycles. The van der Waals surface area contributed by atoms with E-state index in [0.717, 1.165) is 16.9 Å². The number of hydrogen-bond donors (Lipinski definition) is 2. The van der Waals surface area contributed by atoms with Gasteiger partial charge < -0.3 is 19.8 Å². The lowest BCUT2D eigenvalue weighted by atomic mass is 10.1. The molecule has 0 aliphatic carbocycles. The molecule has 0 atom stereocenters. The summed E-state index contributed by atoms with van der Waals surface area (Å²) in [5.41, 5.74) is 1.53. The molecule has 0 fully saturated rings. The highest BCUT2D eigenvalue weighted by atomic mass is 35.5. The maximum atomic E-state index is 11.9. The zero-order chi connectivity index (χ0) is 21.7. The number of amides is 1. The molecule has 0 spiro atoms. The van der Waals surface area contributed by atoms with Crippen LogP contribution in [0.4, 0.5) is 0 Å². The molecule has 1 amide bonds. The molecule has 0 bridgehead atoms. The standard InChI is InChI=1S/C20H22ClNO6S/c1-11(2)8-22(12(3)23)9-13-5-4-6-14(7-13)18-16(21)17(28-10-15(24)25)19(29-18)20(26)27/h4-7,11H,8-10H2,1-3H3,(H,24,25)(H,26,27). The fraction of sp³-hybridized carbons (Fsp3) is 0.350. The second-order valence-corrected chi connectivity index (χ2v) is 8.28. The summed E-state index contributed by atoms with van der Waals surface area (Å²) in [6.45, 7) is 5.93. The molecule has 156 valence electrons. The van der Waals surface area contributed by atoms with Crippen molar-refractivity contribution in [2.75, 3.05) is 13.2 Å². The largest absolute Gasteiger partial charge is 0.479 e. The van der Waals surface area contributed by atoms with Gasteiger partial charge in [-0.1, -0.05) is 43.6 Å². The summed E-state index contributed by atoms with van der Waals surface area (Å²) in [5, 5.41) is 18.3. The number of nitrogens with zero attached hydrogens (tertiary/aromatic N) is 1. The van der Waals surface area contributed by atoms with E-state index in [9.17, 15) is 19.5 Å². The summed E-state index contributed by atoms with van der Waals surface area (Å²) >= 11 is 7.25. The summed E-state index contributed by atoms with van der Waals surface area (Å²) in [4.78, 5) is 36.3. The average molecular weight is 440 g/mol. The normalized spacial score (nSPS) is 10.8. The Labute approximate surface area is 177 Å². The first-order chi connectivity index (χ1) is 13.6. The van der Waals surface area contributed by atoms with Crippen LogP contribution in [0.15, 0.2) is 24.3 Å². The molecule has 7 nitrogen and oxygen atoms in total.